The molecule has 0 aliphatic carbocycles. The zero-order chi connectivity index (χ0) is 19.7. The van der Waals surface area contributed by atoms with Crippen molar-refractivity contribution in [1.82, 2.24) is 24.8 Å². The Morgan fingerprint density at radius 3 is 2.71 bits per heavy atom. The summed E-state index contributed by atoms with van der Waals surface area (Å²) in [5.74, 6) is 1.05. The van der Waals surface area contributed by atoms with E-state index in [-0.39, 0.29) is 11.8 Å². The number of amides is 1. The maximum absolute atomic E-state index is 13.1. The Morgan fingerprint density at radius 2 is 2.00 bits per heavy atom. The Hall–Kier alpha value is -3.02. The highest BCUT2D eigenvalue weighted by molar-refractivity contribution is 5.95. The normalized spacial score (nSPS) is 17.0. The van der Waals surface area contributed by atoms with Gasteiger partial charge in [0.05, 0.1) is 11.3 Å². The van der Waals surface area contributed by atoms with Crippen LogP contribution >= 0.6 is 0 Å². The maximum Gasteiger partial charge on any atom is 0.255 e. The van der Waals surface area contributed by atoms with Gasteiger partial charge >= 0.3 is 0 Å². The fourth-order valence-corrected chi connectivity index (χ4v) is 4.05. The van der Waals surface area contributed by atoms with Crippen LogP contribution in [0.1, 0.15) is 52.0 Å². The number of aryl methyl sites for hydroxylation is 3. The minimum atomic E-state index is 0.0998. The van der Waals surface area contributed by atoms with E-state index in [1.165, 1.54) is 0 Å². The van der Waals surface area contributed by atoms with Gasteiger partial charge in [-0.2, -0.15) is 0 Å². The molecule has 0 bridgehead atoms. The quantitative estimate of drug-likeness (QED) is 0.755. The standard InChI is InChI=1S/C22H25N5O/c1-14-11-19(15(2)25-14)22(28)27-10-4-5-18(13-27)21-20(12-24-16(3)26-21)17-6-8-23-9-7-17/h6-9,11-12,18,25H,4-5,10,13H2,1-3H3. The second-order valence-electron chi connectivity index (χ2n) is 7.53. The van der Waals surface area contributed by atoms with Crippen molar-refractivity contribution in [2.75, 3.05) is 13.1 Å². The lowest BCUT2D eigenvalue weighted by Crippen LogP contribution is -2.39. The molecule has 1 N–H and O–H groups in total. The Kier molecular flexibility index (Phi) is 4.94. The highest BCUT2D eigenvalue weighted by atomic mass is 16.2. The molecular formula is C22H25N5O. The molecule has 1 fully saturated rings. The number of aromatic amines is 1. The van der Waals surface area contributed by atoms with Gasteiger partial charge in [-0.25, -0.2) is 9.97 Å². The Morgan fingerprint density at radius 1 is 1.21 bits per heavy atom. The van der Waals surface area contributed by atoms with Crippen molar-refractivity contribution in [1.29, 1.82) is 0 Å². The first-order valence-electron chi connectivity index (χ1n) is 9.72. The predicted octanol–water partition coefficient (Wildman–Crippen LogP) is 3.81. The molecule has 4 heterocycles. The SMILES string of the molecule is Cc1ncc(-c2ccncc2)c(C2CCCN(C(=O)c3cc(C)[nH]c3C)C2)n1. The number of rotatable bonds is 3. The summed E-state index contributed by atoms with van der Waals surface area (Å²) in [7, 11) is 0. The number of pyridine rings is 1. The van der Waals surface area contributed by atoms with E-state index >= 15 is 0 Å². The predicted molar refractivity (Wildman–Crippen MR) is 108 cm³/mol. The van der Waals surface area contributed by atoms with Crippen LogP contribution in [0.2, 0.25) is 0 Å². The van der Waals surface area contributed by atoms with Crippen LogP contribution in [-0.4, -0.2) is 43.8 Å². The van der Waals surface area contributed by atoms with Gasteiger partial charge in [0, 0.05) is 54.5 Å². The number of piperidine rings is 1. The summed E-state index contributed by atoms with van der Waals surface area (Å²) < 4.78 is 0. The van der Waals surface area contributed by atoms with Crippen LogP contribution in [0.15, 0.2) is 36.8 Å². The molecule has 4 rings (SSSR count). The molecule has 3 aromatic heterocycles. The minimum absolute atomic E-state index is 0.0998. The fourth-order valence-electron chi connectivity index (χ4n) is 4.05. The second kappa shape index (κ2) is 7.54. The van der Waals surface area contributed by atoms with Crippen LogP contribution < -0.4 is 0 Å². The van der Waals surface area contributed by atoms with Crippen molar-refractivity contribution < 1.29 is 4.79 Å². The van der Waals surface area contributed by atoms with E-state index in [1.807, 2.05) is 50.1 Å². The number of hydrogen-bond donors (Lipinski definition) is 1. The smallest absolute Gasteiger partial charge is 0.255 e. The summed E-state index contributed by atoms with van der Waals surface area (Å²) >= 11 is 0. The van der Waals surface area contributed by atoms with Crippen molar-refractivity contribution in [2.45, 2.75) is 39.5 Å². The van der Waals surface area contributed by atoms with E-state index in [0.717, 1.165) is 59.0 Å². The number of nitrogens with zero attached hydrogens (tertiary/aromatic N) is 4. The van der Waals surface area contributed by atoms with Gasteiger partial charge in [-0.05, 0) is 57.4 Å². The number of carbonyl (C=O) groups excluding carboxylic acids is 1. The third kappa shape index (κ3) is 3.54. The van der Waals surface area contributed by atoms with E-state index in [9.17, 15) is 4.79 Å². The molecule has 6 heteroatoms. The van der Waals surface area contributed by atoms with Gasteiger partial charge in [-0.3, -0.25) is 9.78 Å². The van der Waals surface area contributed by atoms with Gasteiger partial charge in [0.1, 0.15) is 5.82 Å². The largest absolute Gasteiger partial charge is 0.362 e. The lowest BCUT2D eigenvalue weighted by molar-refractivity contribution is 0.0705. The molecule has 1 atom stereocenters. The van der Waals surface area contributed by atoms with Gasteiger partial charge in [-0.15, -0.1) is 0 Å². The molecule has 3 aromatic rings. The number of H-pyrrole nitrogens is 1. The van der Waals surface area contributed by atoms with E-state index in [2.05, 4.69) is 15.0 Å². The van der Waals surface area contributed by atoms with Crippen molar-refractivity contribution in [3.63, 3.8) is 0 Å². The molecule has 6 nitrogen and oxygen atoms in total. The lowest BCUT2D eigenvalue weighted by Gasteiger charge is -2.33. The third-order valence-electron chi connectivity index (χ3n) is 5.41. The Labute approximate surface area is 165 Å². The zero-order valence-corrected chi connectivity index (χ0v) is 16.6. The molecule has 0 spiro atoms. The van der Waals surface area contributed by atoms with E-state index < -0.39 is 0 Å². The Bertz CT molecular complexity index is 995. The molecule has 0 aromatic carbocycles. The van der Waals surface area contributed by atoms with Crippen molar-refractivity contribution in [3.8, 4) is 11.1 Å². The van der Waals surface area contributed by atoms with Crippen LogP contribution in [-0.2, 0) is 0 Å². The first-order chi connectivity index (χ1) is 13.5. The summed E-state index contributed by atoms with van der Waals surface area (Å²) in [6, 6.07) is 5.91. The average Bonchev–Trinajstić information content (AvgIpc) is 3.06. The van der Waals surface area contributed by atoms with Gasteiger partial charge in [0.25, 0.3) is 5.91 Å². The molecule has 1 amide bonds. The molecule has 1 aliphatic rings. The topological polar surface area (TPSA) is 74.8 Å². The molecule has 0 saturated carbocycles. The molecule has 28 heavy (non-hydrogen) atoms. The summed E-state index contributed by atoms with van der Waals surface area (Å²) in [4.78, 5) is 31.6. The van der Waals surface area contributed by atoms with Gasteiger partial charge < -0.3 is 9.88 Å². The van der Waals surface area contributed by atoms with Crippen LogP contribution in [0.3, 0.4) is 0 Å². The van der Waals surface area contributed by atoms with Gasteiger partial charge in [-0.1, -0.05) is 0 Å². The Balaban J connectivity index is 1.64. The van der Waals surface area contributed by atoms with E-state index in [1.54, 1.807) is 12.4 Å². The number of carbonyl (C=O) groups is 1. The molecule has 0 radical (unpaired) electrons. The molecular weight excluding hydrogens is 350 g/mol. The van der Waals surface area contributed by atoms with Crippen LogP contribution in [0.4, 0.5) is 0 Å². The molecule has 1 unspecified atom stereocenters. The third-order valence-corrected chi connectivity index (χ3v) is 5.41. The summed E-state index contributed by atoms with van der Waals surface area (Å²) in [6.45, 7) is 7.31. The van der Waals surface area contributed by atoms with Crippen LogP contribution in [0, 0.1) is 20.8 Å². The van der Waals surface area contributed by atoms with Gasteiger partial charge in [0.15, 0.2) is 0 Å². The summed E-state index contributed by atoms with van der Waals surface area (Å²) in [6.07, 6.45) is 7.45. The second-order valence-corrected chi connectivity index (χ2v) is 7.53. The monoisotopic (exact) mass is 375 g/mol. The first kappa shape index (κ1) is 18.3. The van der Waals surface area contributed by atoms with Crippen LogP contribution in [0.5, 0.6) is 0 Å². The lowest BCUT2D eigenvalue weighted by atomic mass is 9.89. The molecule has 1 aliphatic heterocycles. The van der Waals surface area contributed by atoms with E-state index in [4.69, 9.17) is 4.98 Å². The number of nitrogens with one attached hydrogen (secondary N) is 1. The highest BCUT2D eigenvalue weighted by Crippen LogP contribution is 2.33. The van der Waals surface area contributed by atoms with Gasteiger partial charge in [0.2, 0.25) is 0 Å². The molecule has 144 valence electrons. The van der Waals surface area contributed by atoms with Crippen molar-refractivity contribution >= 4 is 5.91 Å². The van der Waals surface area contributed by atoms with Crippen molar-refractivity contribution in [3.05, 3.63) is 65.3 Å². The number of aromatic nitrogens is 4. The van der Waals surface area contributed by atoms with E-state index in [0.29, 0.717) is 6.54 Å². The zero-order valence-electron chi connectivity index (χ0n) is 16.6. The first-order valence-corrected chi connectivity index (χ1v) is 9.72. The highest BCUT2D eigenvalue weighted by Gasteiger charge is 2.29. The number of likely N-dealkylation sites (tertiary alicyclic amines) is 1. The molecule has 1 saturated heterocycles. The summed E-state index contributed by atoms with van der Waals surface area (Å²) in [5, 5.41) is 0. The van der Waals surface area contributed by atoms with Crippen LogP contribution in [0.25, 0.3) is 11.1 Å². The van der Waals surface area contributed by atoms with Crippen molar-refractivity contribution in [2.24, 2.45) is 0 Å². The number of hydrogen-bond acceptors (Lipinski definition) is 4. The minimum Gasteiger partial charge on any atom is -0.362 e. The maximum atomic E-state index is 13.1. The fraction of sp³-hybridized carbons (Fsp3) is 0.364. The summed E-state index contributed by atoms with van der Waals surface area (Å²) in [5.41, 5.74) is 5.83. The average molecular weight is 375 g/mol.